The minimum absolute atomic E-state index is 0.0899. The van der Waals surface area contributed by atoms with E-state index in [2.05, 4.69) is 12.2 Å². The van der Waals surface area contributed by atoms with E-state index in [4.69, 9.17) is 0 Å². The summed E-state index contributed by atoms with van der Waals surface area (Å²) in [7, 11) is 0. The zero-order chi connectivity index (χ0) is 17.1. The number of halogens is 1. The number of carbonyl (C=O) groups is 2. The molecule has 24 heavy (non-hydrogen) atoms. The number of para-hydroxylation sites is 1. The van der Waals surface area contributed by atoms with Crippen molar-refractivity contribution < 1.29 is 14.0 Å². The number of aryl methyl sites for hydroxylation is 1. The van der Waals surface area contributed by atoms with Crippen molar-refractivity contribution in [3.63, 3.8) is 0 Å². The lowest BCUT2D eigenvalue weighted by Crippen LogP contribution is -2.28. The smallest absolute Gasteiger partial charge is 0.229 e. The average molecular weight is 326 g/mol. The maximum absolute atomic E-state index is 13.6. The lowest BCUT2D eigenvalue weighted by atomic mass is 10.1. The molecule has 124 valence electrons. The van der Waals surface area contributed by atoms with Crippen LogP contribution in [-0.2, 0) is 16.0 Å². The van der Waals surface area contributed by atoms with Gasteiger partial charge in [0.05, 0.1) is 11.6 Å². The number of anilines is 2. The molecule has 2 aromatic carbocycles. The molecule has 0 aromatic heterocycles. The van der Waals surface area contributed by atoms with Crippen LogP contribution in [0.1, 0.15) is 18.9 Å². The molecular weight excluding hydrogens is 307 g/mol. The summed E-state index contributed by atoms with van der Waals surface area (Å²) in [5, 5.41) is 2.57. The number of benzene rings is 2. The molecule has 1 aliphatic rings. The van der Waals surface area contributed by atoms with Gasteiger partial charge in [0.15, 0.2) is 0 Å². The fraction of sp³-hybridized carbons (Fsp3) is 0.263. The minimum Gasteiger partial charge on any atom is -0.323 e. The zero-order valence-corrected chi connectivity index (χ0v) is 13.5. The third-order valence-electron chi connectivity index (χ3n) is 4.28. The number of carbonyl (C=O) groups excluding carboxylic acids is 2. The molecule has 0 aliphatic carbocycles. The van der Waals surface area contributed by atoms with Crippen molar-refractivity contribution in [2.45, 2.75) is 19.8 Å². The van der Waals surface area contributed by atoms with Crippen LogP contribution in [0.4, 0.5) is 15.8 Å². The summed E-state index contributed by atoms with van der Waals surface area (Å²) in [5.41, 5.74) is 2.12. The number of hydrogen-bond acceptors (Lipinski definition) is 2. The largest absolute Gasteiger partial charge is 0.323 e. The zero-order valence-electron chi connectivity index (χ0n) is 13.5. The van der Waals surface area contributed by atoms with Crippen LogP contribution in [-0.4, -0.2) is 18.4 Å². The molecule has 0 bridgehead atoms. The first kappa shape index (κ1) is 16.2. The van der Waals surface area contributed by atoms with Crippen LogP contribution in [0, 0.1) is 11.7 Å². The first-order chi connectivity index (χ1) is 11.6. The van der Waals surface area contributed by atoms with Gasteiger partial charge in [0.1, 0.15) is 5.82 Å². The molecule has 1 N–H and O–H groups in total. The highest BCUT2D eigenvalue weighted by atomic mass is 19.1. The van der Waals surface area contributed by atoms with Gasteiger partial charge in [-0.25, -0.2) is 4.39 Å². The fourth-order valence-electron chi connectivity index (χ4n) is 2.84. The molecule has 5 heteroatoms. The van der Waals surface area contributed by atoms with Gasteiger partial charge in [-0.15, -0.1) is 0 Å². The number of amides is 2. The Morgan fingerprint density at radius 2 is 1.92 bits per heavy atom. The number of rotatable bonds is 4. The maximum atomic E-state index is 13.6. The number of hydrogen-bond donors (Lipinski definition) is 1. The standard InChI is InChI=1S/C19H19FN2O2/c1-2-13-7-9-15(10-8-13)22-12-14(11-18(22)23)19(24)21-17-6-4-3-5-16(17)20/h3-10,14H,2,11-12H2,1H3,(H,21,24)/t14-/m1/s1. The van der Waals surface area contributed by atoms with E-state index in [0.29, 0.717) is 6.54 Å². The second kappa shape index (κ2) is 6.83. The lowest BCUT2D eigenvalue weighted by Gasteiger charge is -2.17. The van der Waals surface area contributed by atoms with Crippen molar-refractivity contribution in [3.05, 3.63) is 59.9 Å². The van der Waals surface area contributed by atoms with Gasteiger partial charge in [0, 0.05) is 18.7 Å². The topological polar surface area (TPSA) is 49.4 Å². The molecule has 1 atom stereocenters. The van der Waals surface area contributed by atoms with E-state index in [1.54, 1.807) is 17.0 Å². The Labute approximate surface area is 140 Å². The van der Waals surface area contributed by atoms with Crippen LogP contribution in [0.2, 0.25) is 0 Å². The van der Waals surface area contributed by atoms with E-state index in [1.165, 1.54) is 17.7 Å². The Morgan fingerprint density at radius 1 is 1.21 bits per heavy atom. The summed E-state index contributed by atoms with van der Waals surface area (Å²) in [4.78, 5) is 26.2. The van der Waals surface area contributed by atoms with Crippen molar-refractivity contribution >= 4 is 23.2 Å². The van der Waals surface area contributed by atoms with Gasteiger partial charge in [-0.3, -0.25) is 9.59 Å². The second-order valence-electron chi connectivity index (χ2n) is 5.89. The van der Waals surface area contributed by atoms with Crippen LogP contribution in [0.3, 0.4) is 0 Å². The number of nitrogens with zero attached hydrogens (tertiary/aromatic N) is 1. The van der Waals surface area contributed by atoms with Crippen molar-refractivity contribution in [2.24, 2.45) is 5.92 Å². The molecule has 1 aliphatic heterocycles. The van der Waals surface area contributed by atoms with Crippen LogP contribution in [0.15, 0.2) is 48.5 Å². The fourth-order valence-corrected chi connectivity index (χ4v) is 2.84. The predicted octanol–water partition coefficient (Wildman–Crippen LogP) is 3.38. The second-order valence-corrected chi connectivity index (χ2v) is 5.89. The highest BCUT2D eigenvalue weighted by molar-refractivity contribution is 6.03. The van der Waals surface area contributed by atoms with Crippen LogP contribution >= 0.6 is 0 Å². The van der Waals surface area contributed by atoms with Crippen LogP contribution in [0.25, 0.3) is 0 Å². The molecule has 1 fully saturated rings. The summed E-state index contributed by atoms with van der Waals surface area (Å²) >= 11 is 0. The highest BCUT2D eigenvalue weighted by Crippen LogP contribution is 2.26. The lowest BCUT2D eigenvalue weighted by molar-refractivity contribution is -0.122. The Bertz CT molecular complexity index is 758. The third-order valence-corrected chi connectivity index (χ3v) is 4.28. The van der Waals surface area contributed by atoms with Crippen LogP contribution in [0.5, 0.6) is 0 Å². The summed E-state index contributed by atoms with van der Waals surface area (Å²) in [5.74, 6) is -1.39. The molecule has 0 spiro atoms. The van der Waals surface area contributed by atoms with E-state index < -0.39 is 11.7 Å². The Hall–Kier alpha value is -2.69. The maximum Gasteiger partial charge on any atom is 0.229 e. The van der Waals surface area contributed by atoms with E-state index in [0.717, 1.165) is 12.1 Å². The monoisotopic (exact) mass is 326 g/mol. The molecule has 0 saturated carbocycles. The Kier molecular flexibility index (Phi) is 4.60. The van der Waals surface area contributed by atoms with Crippen molar-refractivity contribution in [3.8, 4) is 0 Å². The average Bonchev–Trinajstić information content (AvgIpc) is 2.99. The minimum atomic E-state index is -0.484. The van der Waals surface area contributed by atoms with E-state index in [1.807, 2.05) is 24.3 Å². The predicted molar refractivity (Wildman–Crippen MR) is 91.3 cm³/mol. The van der Waals surface area contributed by atoms with Gasteiger partial charge < -0.3 is 10.2 Å². The summed E-state index contributed by atoms with van der Waals surface area (Å²) in [6.07, 6.45) is 1.07. The summed E-state index contributed by atoms with van der Waals surface area (Å²) in [6, 6.07) is 13.8. The normalized spacial score (nSPS) is 17.2. The molecule has 3 rings (SSSR count). The number of nitrogens with one attached hydrogen (secondary N) is 1. The van der Waals surface area contributed by atoms with Gasteiger partial charge in [-0.05, 0) is 36.2 Å². The molecule has 0 unspecified atom stereocenters. The van der Waals surface area contributed by atoms with Crippen LogP contribution < -0.4 is 10.2 Å². The molecule has 1 heterocycles. The summed E-state index contributed by atoms with van der Waals surface area (Å²) < 4.78 is 13.6. The van der Waals surface area contributed by atoms with E-state index in [9.17, 15) is 14.0 Å². The molecule has 2 aromatic rings. The molecule has 2 amide bonds. The first-order valence-electron chi connectivity index (χ1n) is 8.03. The van der Waals surface area contributed by atoms with Gasteiger partial charge in [0.25, 0.3) is 0 Å². The van der Waals surface area contributed by atoms with E-state index in [-0.39, 0.29) is 23.9 Å². The summed E-state index contributed by atoms with van der Waals surface area (Å²) in [6.45, 7) is 2.38. The molecule has 4 nitrogen and oxygen atoms in total. The van der Waals surface area contributed by atoms with Gasteiger partial charge in [-0.2, -0.15) is 0 Å². The molecular formula is C19H19FN2O2. The van der Waals surface area contributed by atoms with Crippen molar-refractivity contribution in [1.29, 1.82) is 0 Å². The van der Waals surface area contributed by atoms with Crippen molar-refractivity contribution in [1.82, 2.24) is 0 Å². The van der Waals surface area contributed by atoms with E-state index >= 15 is 0 Å². The Balaban J connectivity index is 1.69. The van der Waals surface area contributed by atoms with Crippen molar-refractivity contribution in [2.75, 3.05) is 16.8 Å². The quantitative estimate of drug-likeness (QED) is 0.936. The SMILES string of the molecule is CCc1ccc(N2C[C@H](C(=O)Nc3ccccc3F)CC2=O)cc1. The van der Waals surface area contributed by atoms with Gasteiger partial charge in [-0.1, -0.05) is 31.2 Å². The highest BCUT2D eigenvalue weighted by Gasteiger charge is 2.35. The molecule has 1 saturated heterocycles. The van der Waals surface area contributed by atoms with Gasteiger partial charge >= 0.3 is 0 Å². The molecule has 0 radical (unpaired) electrons. The first-order valence-corrected chi connectivity index (χ1v) is 8.03. The third kappa shape index (κ3) is 3.30. The van der Waals surface area contributed by atoms with Gasteiger partial charge in [0.2, 0.25) is 11.8 Å². The Morgan fingerprint density at radius 3 is 2.58 bits per heavy atom.